The molecule has 2 aromatic heterocycles. The highest BCUT2D eigenvalue weighted by Gasteiger charge is 2.21. The molecule has 0 saturated carbocycles. The van der Waals surface area contributed by atoms with Gasteiger partial charge in [0.05, 0.1) is 0 Å². The number of carbonyl (C=O) groups is 1. The lowest BCUT2D eigenvalue weighted by atomic mass is 10.1. The van der Waals surface area contributed by atoms with Crippen molar-refractivity contribution >= 4 is 23.4 Å². The van der Waals surface area contributed by atoms with Crippen molar-refractivity contribution in [2.75, 3.05) is 0 Å². The number of alkyl halides is 2. The molecule has 0 spiro atoms. The van der Waals surface area contributed by atoms with E-state index < -0.39 is 30.2 Å². The minimum absolute atomic E-state index is 0.0804. The highest BCUT2D eigenvalue weighted by Crippen LogP contribution is 2.34. The minimum Gasteiger partial charge on any atom is -0.393 e. The summed E-state index contributed by atoms with van der Waals surface area (Å²) in [5.41, 5.74) is -0.00549. The molecule has 0 unspecified atom stereocenters. The van der Waals surface area contributed by atoms with Crippen molar-refractivity contribution in [1.29, 1.82) is 0 Å². The molecule has 4 rings (SSSR count). The summed E-state index contributed by atoms with van der Waals surface area (Å²) >= 11 is 0. The van der Waals surface area contributed by atoms with Crippen LogP contribution < -0.4 is 0 Å². The fourth-order valence-corrected chi connectivity index (χ4v) is 3.11. The number of pyridine rings is 1. The van der Waals surface area contributed by atoms with E-state index in [-0.39, 0.29) is 28.3 Å². The van der Waals surface area contributed by atoms with Gasteiger partial charge < -0.3 is 4.74 Å². The second kappa shape index (κ2) is 8.58. The third kappa shape index (κ3) is 4.20. The van der Waals surface area contributed by atoms with Gasteiger partial charge in [-0.2, -0.15) is 13.8 Å². The number of ketones is 1. The van der Waals surface area contributed by atoms with Gasteiger partial charge in [0.1, 0.15) is 23.0 Å². The smallest absolute Gasteiger partial charge is 0.390 e. The van der Waals surface area contributed by atoms with E-state index in [2.05, 4.69) is 14.7 Å². The molecule has 0 bridgehead atoms. The molecule has 0 amide bonds. The zero-order valence-corrected chi connectivity index (χ0v) is 16.0. The second-order valence-electron chi connectivity index (χ2n) is 6.49. The normalized spacial score (nSPS) is 11.9. The molecule has 2 aromatic carbocycles. The Balaban J connectivity index is 1.94. The molecule has 2 heterocycles. The van der Waals surface area contributed by atoms with Gasteiger partial charge in [-0.3, -0.25) is 9.20 Å². The van der Waals surface area contributed by atoms with Gasteiger partial charge >= 0.3 is 12.8 Å². The maximum Gasteiger partial charge on any atom is 0.390 e. The van der Waals surface area contributed by atoms with Crippen LogP contribution in [0.3, 0.4) is 0 Å². The fourth-order valence-electron chi connectivity index (χ4n) is 3.11. The number of aromatic nitrogens is 2. The molecule has 0 fully saturated rings. The van der Waals surface area contributed by atoms with Crippen LogP contribution in [-0.2, 0) is 4.74 Å². The van der Waals surface area contributed by atoms with Crippen LogP contribution in [0.1, 0.15) is 15.9 Å². The van der Waals surface area contributed by atoms with Crippen molar-refractivity contribution < 1.29 is 31.5 Å². The third-order valence-electron chi connectivity index (χ3n) is 4.46. The van der Waals surface area contributed by atoms with Crippen LogP contribution in [0.15, 0.2) is 71.9 Å². The quantitative estimate of drug-likeness (QED) is 0.171. The van der Waals surface area contributed by atoms with Gasteiger partial charge in [0, 0.05) is 22.9 Å². The summed E-state index contributed by atoms with van der Waals surface area (Å²) in [5.74, 6) is -2.63. The number of ether oxygens (including phenoxy) is 1. The molecule has 0 atom stereocenters. The zero-order chi connectivity index (χ0) is 22.8. The SMILES string of the molecule is O=C(c1ccccc1)c1ccc2nc(N=C(F)OC(F)F)c(-c3cc(F)ccc3F)n2c1. The molecular weight excluding hydrogens is 433 g/mol. The number of fused-ring (bicyclic) bond motifs is 1. The number of aliphatic imine (C=N–C) groups is 1. The van der Waals surface area contributed by atoms with E-state index in [4.69, 9.17) is 0 Å². The average Bonchev–Trinajstić information content (AvgIpc) is 3.11. The van der Waals surface area contributed by atoms with Gasteiger partial charge in [0.15, 0.2) is 11.6 Å². The van der Waals surface area contributed by atoms with Gasteiger partial charge in [-0.25, -0.2) is 13.8 Å². The Morgan fingerprint density at radius 2 is 1.75 bits per heavy atom. The van der Waals surface area contributed by atoms with Gasteiger partial charge in [-0.15, -0.1) is 4.39 Å². The van der Waals surface area contributed by atoms with E-state index in [1.165, 1.54) is 22.7 Å². The van der Waals surface area contributed by atoms with Crippen LogP contribution in [0.2, 0.25) is 0 Å². The van der Waals surface area contributed by atoms with Gasteiger partial charge in [-0.05, 0) is 30.3 Å². The van der Waals surface area contributed by atoms with Gasteiger partial charge in [-0.1, -0.05) is 30.3 Å². The average molecular weight is 445 g/mol. The predicted octanol–water partition coefficient (Wildman–Crippen LogP) is 5.71. The molecule has 10 heteroatoms. The van der Waals surface area contributed by atoms with Crippen molar-refractivity contribution in [2.24, 2.45) is 4.99 Å². The predicted molar refractivity (Wildman–Crippen MR) is 106 cm³/mol. The highest BCUT2D eigenvalue weighted by atomic mass is 19.3. The first kappa shape index (κ1) is 21.2. The summed E-state index contributed by atoms with van der Waals surface area (Å²) in [7, 11) is 0. The van der Waals surface area contributed by atoms with E-state index in [1.807, 2.05) is 0 Å². The van der Waals surface area contributed by atoms with E-state index in [1.54, 1.807) is 30.3 Å². The van der Waals surface area contributed by atoms with Crippen LogP contribution in [-0.4, -0.2) is 27.9 Å². The maximum atomic E-state index is 14.5. The van der Waals surface area contributed by atoms with Crippen molar-refractivity contribution in [3.8, 4) is 11.3 Å². The molecule has 162 valence electrons. The highest BCUT2D eigenvalue weighted by molar-refractivity contribution is 6.09. The fraction of sp³-hybridized carbons (Fsp3) is 0.0455. The molecule has 4 aromatic rings. The Labute approximate surface area is 177 Å². The van der Waals surface area contributed by atoms with E-state index in [0.29, 0.717) is 5.56 Å². The molecule has 0 aliphatic heterocycles. The Morgan fingerprint density at radius 3 is 2.47 bits per heavy atom. The zero-order valence-electron chi connectivity index (χ0n) is 16.0. The van der Waals surface area contributed by atoms with Crippen LogP contribution in [0, 0.1) is 11.6 Å². The van der Waals surface area contributed by atoms with Crippen molar-refractivity contribution in [3.63, 3.8) is 0 Å². The van der Waals surface area contributed by atoms with Crippen LogP contribution in [0.4, 0.5) is 27.8 Å². The Kier molecular flexibility index (Phi) is 5.67. The van der Waals surface area contributed by atoms with Gasteiger partial charge in [0.25, 0.3) is 0 Å². The largest absolute Gasteiger partial charge is 0.393 e. The lowest BCUT2D eigenvalue weighted by Crippen LogP contribution is -2.04. The first-order chi connectivity index (χ1) is 15.3. The summed E-state index contributed by atoms with van der Waals surface area (Å²) in [4.78, 5) is 20.1. The van der Waals surface area contributed by atoms with Crippen molar-refractivity contribution in [3.05, 3.63) is 89.6 Å². The molecule has 0 radical (unpaired) electrons. The summed E-state index contributed by atoms with van der Waals surface area (Å²) in [5, 5.41) is 0. The number of imidazole rings is 1. The summed E-state index contributed by atoms with van der Waals surface area (Å²) < 4.78 is 71.6. The standard InChI is InChI=1S/C22H12F5N3O2/c23-14-7-8-16(24)15(10-14)18-20(29-22(27)32-21(25)26)28-17-9-6-13(11-30(17)18)19(31)12-4-2-1-3-5-12/h1-11,21H. The lowest BCUT2D eigenvalue weighted by Gasteiger charge is -2.07. The lowest BCUT2D eigenvalue weighted by molar-refractivity contribution is -0.0688. The Hall–Kier alpha value is -4.08. The van der Waals surface area contributed by atoms with Crippen molar-refractivity contribution in [1.82, 2.24) is 9.38 Å². The second-order valence-corrected chi connectivity index (χ2v) is 6.49. The number of hydrogen-bond donors (Lipinski definition) is 0. The Morgan fingerprint density at radius 1 is 1.00 bits per heavy atom. The van der Waals surface area contributed by atoms with Crippen LogP contribution in [0.5, 0.6) is 0 Å². The van der Waals surface area contributed by atoms with Crippen LogP contribution >= 0.6 is 0 Å². The topological polar surface area (TPSA) is 56.0 Å². The van der Waals surface area contributed by atoms with Crippen LogP contribution in [0.25, 0.3) is 16.9 Å². The summed E-state index contributed by atoms with van der Waals surface area (Å²) in [6, 6.07) is 13.6. The molecular formula is C22H12F5N3O2. The van der Waals surface area contributed by atoms with E-state index >= 15 is 0 Å². The number of halogens is 5. The number of benzene rings is 2. The molecule has 0 saturated heterocycles. The number of rotatable bonds is 5. The number of nitrogens with zero attached hydrogens (tertiary/aromatic N) is 3. The number of hydrogen-bond acceptors (Lipinski definition) is 4. The van der Waals surface area contributed by atoms with E-state index in [0.717, 1.165) is 18.2 Å². The molecule has 5 nitrogen and oxygen atoms in total. The molecule has 0 aliphatic rings. The van der Waals surface area contributed by atoms with Crippen molar-refractivity contribution in [2.45, 2.75) is 6.61 Å². The molecule has 0 aliphatic carbocycles. The maximum absolute atomic E-state index is 14.5. The minimum atomic E-state index is -3.49. The first-order valence-corrected chi connectivity index (χ1v) is 9.10. The first-order valence-electron chi connectivity index (χ1n) is 9.10. The van der Waals surface area contributed by atoms with Gasteiger partial charge in [0.2, 0.25) is 0 Å². The van der Waals surface area contributed by atoms with E-state index in [9.17, 15) is 26.7 Å². The monoisotopic (exact) mass is 445 g/mol. The molecule has 0 N–H and O–H groups in total. The molecule has 32 heavy (non-hydrogen) atoms. The third-order valence-corrected chi connectivity index (χ3v) is 4.46. The Bertz CT molecular complexity index is 1340. The summed E-state index contributed by atoms with van der Waals surface area (Å²) in [6.45, 7) is -3.49. The number of carbonyl (C=O) groups excluding carboxylic acids is 1. The summed E-state index contributed by atoms with van der Waals surface area (Å²) in [6.07, 6.45) is -0.621.